The molecule has 0 atom stereocenters. The van der Waals surface area contributed by atoms with Crippen LogP contribution >= 0.6 is 11.6 Å². The zero-order valence-electron chi connectivity index (χ0n) is 9.56. The van der Waals surface area contributed by atoms with Crippen LogP contribution in [0.2, 0.25) is 0 Å². The van der Waals surface area contributed by atoms with Gasteiger partial charge in [0.2, 0.25) is 5.91 Å². The minimum absolute atomic E-state index is 0.214. The van der Waals surface area contributed by atoms with Crippen molar-refractivity contribution in [3.63, 3.8) is 0 Å². The first-order chi connectivity index (χ1) is 8.67. The zero-order chi connectivity index (χ0) is 13.1. The number of carbonyl (C=O) groups excluding carboxylic acids is 1. The number of aromatic nitrogens is 2. The normalized spacial score (nSPS) is 10.4. The summed E-state index contributed by atoms with van der Waals surface area (Å²) in [4.78, 5) is 15.2. The summed E-state index contributed by atoms with van der Waals surface area (Å²) in [5.74, 6) is 0.475. The summed E-state index contributed by atoms with van der Waals surface area (Å²) in [6, 6.07) is 7.42. The summed E-state index contributed by atoms with van der Waals surface area (Å²) in [6.45, 7) is 0.419. The van der Waals surface area contributed by atoms with Crippen LogP contribution in [-0.2, 0) is 17.2 Å². The summed E-state index contributed by atoms with van der Waals surface area (Å²) in [5.41, 5.74) is 7.05. The van der Waals surface area contributed by atoms with E-state index in [9.17, 15) is 4.79 Å². The van der Waals surface area contributed by atoms with E-state index in [-0.39, 0.29) is 18.2 Å². The van der Waals surface area contributed by atoms with Crippen LogP contribution in [0.3, 0.4) is 0 Å². The smallest absolute Gasteiger partial charge is 0.219 e. The molecule has 2 aromatic rings. The third kappa shape index (κ3) is 2.15. The molecule has 0 radical (unpaired) electrons. The van der Waals surface area contributed by atoms with Gasteiger partial charge in [-0.1, -0.05) is 6.07 Å². The van der Waals surface area contributed by atoms with E-state index < -0.39 is 0 Å². The van der Waals surface area contributed by atoms with E-state index in [1.807, 2.05) is 10.6 Å². The van der Waals surface area contributed by atoms with Crippen molar-refractivity contribution in [2.75, 3.05) is 0 Å². The van der Waals surface area contributed by atoms with Crippen molar-refractivity contribution >= 4 is 28.5 Å². The minimum Gasteiger partial charge on any atom is -0.370 e. The van der Waals surface area contributed by atoms with Crippen molar-refractivity contribution < 1.29 is 4.79 Å². The quantitative estimate of drug-likeness (QED) is 0.848. The maximum atomic E-state index is 10.9. The van der Waals surface area contributed by atoms with Gasteiger partial charge >= 0.3 is 0 Å². The van der Waals surface area contributed by atoms with E-state index >= 15 is 0 Å². The van der Waals surface area contributed by atoms with Crippen molar-refractivity contribution in [2.45, 2.75) is 18.8 Å². The number of hydrogen-bond donors (Lipinski definition) is 1. The van der Waals surface area contributed by atoms with Gasteiger partial charge in [0.25, 0.3) is 0 Å². The average molecular weight is 263 g/mol. The fraction of sp³-hybridized carbons (Fsp3) is 0.250. The number of para-hydroxylation sites is 1. The largest absolute Gasteiger partial charge is 0.370 e. The molecule has 0 bridgehead atoms. The Morgan fingerprint density at radius 1 is 1.56 bits per heavy atom. The summed E-state index contributed by atoms with van der Waals surface area (Å²) < 4.78 is 1.83. The Bertz CT molecular complexity index is 641. The fourth-order valence-corrected chi connectivity index (χ4v) is 2.06. The standard InChI is InChI=1S/C12H11ClN4O/c13-6-11-16-12-8(7-14)2-1-3-9(12)17(11)5-4-10(15)18/h1-3H,4-6H2,(H2,15,18). The van der Waals surface area contributed by atoms with Crippen LogP contribution in [0, 0.1) is 11.3 Å². The van der Waals surface area contributed by atoms with Gasteiger partial charge in [-0.15, -0.1) is 11.6 Å². The van der Waals surface area contributed by atoms with E-state index in [4.69, 9.17) is 22.6 Å². The van der Waals surface area contributed by atoms with Crippen molar-refractivity contribution in [1.82, 2.24) is 9.55 Å². The maximum absolute atomic E-state index is 10.9. The molecule has 18 heavy (non-hydrogen) atoms. The number of aryl methyl sites for hydroxylation is 1. The molecule has 1 aromatic carbocycles. The molecule has 0 aliphatic heterocycles. The third-order valence-corrected chi connectivity index (χ3v) is 2.92. The van der Waals surface area contributed by atoms with Crippen molar-refractivity contribution in [1.29, 1.82) is 5.26 Å². The predicted octanol–water partition coefficient (Wildman–Crippen LogP) is 1.52. The molecule has 1 aromatic heterocycles. The van der Waals surface area contributed by atoms with Crippen LogP contribution in [0.1, 0.15) is 17.8 Å². The number of primary amides is 1. The molecule has 2 N–H and O–H groups in total. The SMILES string of the molecule is N#Cc1cccc2c1nc(CCl)n2CCC(N)=O. The lowest BCUT2D eigenvalue weighted by Crippen LogP contribution is -2.14. The number of alkyl halides is 1. The number of nitriles is 1. The molecular formula is C12H11ClN4O. The Kier molecular flexibility index (Phi) is 3.49. The number of fused-ring (bicyclic) bond motifs is 1. The van der Waals surface area contributed by atoms with Crippen molar-refractivity contribution in [3.05, 3.63) is 29.6 Å². The number of benzene rings is 1. The molecule has 0 saturated carbocycles. The van der Waals surface area contributed by atoms with Crippen LogP contribution in [0.4, 0.5) is 0 Å². The molecule has 6 heteroatoms. The van der Waals surface area contributed by atoms with Crippen molar-refractivity contribution in [3.8, 4) is 6.07 Å². The summed E-state index contributed by atoms with van der Waals surface area (Å²) >= 11 is 5.83. The van der Waals surface area contributed by atoms with Gasteiger partial charge < -0.3 is 10.3 Å². The summed E-state index contributed by atoms with van der Waals surface area (Å²) in [5, 5.41) is 9.02. The van der Waals surface area contributed by atoms with Gasteiger partial charge in [-0.05, 0) is 12.1 Å². The number of halogens is 1. The van der Waals surface area contributed by atoms with Gasteiger partial charge in [0.1, 0.15) is 17.4 Å². The lowest BCUT2D eigenvalue weighted by Gasteiger charge is -2.05. The van der Waals surface area contributed by atoms with Crippen LogP contribution < -0.4 is 5.73 Å². The molecule has 0 saturated heterocycles. The topological polar surface area (TPSA) is 84.7 Å². The van der Waals surface area contributed by atoms with Gasteiger partial charge in [-0.3, -0.25) is 4.79 Å². The second kappa shape index (κ2) is 5.07. The number of amides is 1. The second-order valence-electron chi connectivity index (χ2n) is 3.81. The highest BCUT2D eigenvalue weighted by atomic mass is 35.5. The van der Waals surface area contributed by atoms with E-state index in [0.29, 0.717) is 23.4 Å². The molecule has 92 valence electrons. The van der Waals surface area contributed by atoms with Crippen LogP contribution in [0.5, 0.6) is 0 Å². The molecule has 5 nitrogen and oxygen atoms in total. The molecule has 0 aliphatic rings. The van der Waals surface area contributed by atoms with Crippen LogP contribution in [-0.4, -0.2) is 15.5 Å². The van der Waals surface area contributed by atoms with Crippen molar-refractivity contribution in [2.24, 2.45) is 5.73 Å². The number of imidazole rings is 1. The van der Waals surface area contributed by atoms with E-state index in [2.05, 4.69) is 11.1 Å². The molecular weight excluding hydrogens is 252 g/mol. The number of rotatable bonds is 4. The first-order valence-electron chi connectivity index (χ1n) is 5.40. The number of nitrogens with zero attached hydrogens (tertiary/aromatic N) is 3. The first kappa shape index (κ1) is 12.4. The Hall–Kier alpha value is -2.06. The highest BCUT2D eigenvalue weighted by Crippen LogP contribution is 2.21. The minimum atomic E-state index is -0.381. The molecule has 0 aliphatic carbocycles. The lowest BCUT2D eigenvalue weighted by atomic mass is 10.2. The molecule has 0 fully saturated rings. The molecule has 0 unspecified atom stereocenters. The number of hydrogen-bond acceptors (Lipinski definition) is 3. The zero-order valence-corrected chi connectivity index (χ0v) is 10.3. The second-order valence-corrected chi connectivity index (χ2v) is 4.08. The van der Waals surface area contributed by atoms with Gasteiger partial charge in [0.05, 0.1) is 17.0 Å². The van der Waals surface area contributed by atoms with E-state index in [1.54, 1.807) is 12.1 Å². The fourth-order valence-electron chi connectivity index (χ4n) is 1.86. The monoisotopic (exact) mass is 262 g/mol. The molecule has 1 amide bonds. The maximum Gasteiger partial charge on any atom is 0.219 e. The average Bonchev–Trinajstić information content (AvgIpc) is 2.73. The Labute approximate surface area is 109 Å². The highest BCUT2D eigenvalue weighted by molar-refractivity contribution is 6.16. The van der Waals surface area contributed by atoms with Gasteiger partial charge in [0.15, 0.2) is 0 Å². The number of carbonyl (C=O) groups is 1. The van der Waals surface area contributed by atoms with Crippen LogP contribution in [0.15, 0.2) is 18.2 Å². The van der Waals surface area contributed by atoms with Gasteiger partial charge in [-0.25, -0.2) is 4.98 Å². The molecule has 2 rings (SSSR count). The molecule has 0 spiro atoms. The predicted molar refractivity (Wildman–Crippen MR) is 67.8 cm³/mol. The summed E-state index contributed by atoms with van der Waals surface area (Å²) in [6.07, 6.45) is 0.214. The van der Waals surface area contributed by atoms with E-state index in [0.717, 1.165) is 5.52 Å². The van der Waals surface area contributed by atoms with E-state index in [1.165, 1.54) is 0 Å². The number of nitrogens with two attached hydrogens (primary N) is 1. The first-order valence-corrected chi connectivity index (χ1v) is 5.93. The van der Waals surface area contributed by atoms with Gasteiger partial charge in [0, 0.05) is 13.0 Å². The highest BCUT2D eigenvalue weighted by Gasteiger charge is 2.13. The van der Waals surface area contributed by atoms with Crippen LogP contribution in [0.25, 0.3) is 11.0 Å². The van der Waals surface area contributed by atoms with Gasteiger partial charge in [-0.2, -0.15) is 5.26 Å². The Morgan fingerprint density at radius 3 is 2.94 bits per heavy atom. The molecule has 1 heterocycles. The lowest BCUT2D eigenvalue weighted by molar-refractivity contribution is -0.118. The summed E-state index contributed by atoms with van der Waals surface area (Å²) in [7, 11) is 0. The Morgan fingerprint density at radius 2 is 2.33 bits per heavy atom. The third-order valence-electron chi connectivity index (χ3n) is 2.68. The Balaban J connectivity index is 2.56.